The highest BCUT2D eigenvalue weighted by Crippen LogP contribution is 2.19. The third-order valence-electron chi connectivity index (χ3n) is 4.62. The summed E-state index contributed by atoms with van der Waals surface area (Å²) in [5.41, 5.74) is 1.89. The fraction of sp³-hybridized carbons (Fsp3) is 0.550. The number of nitrogens with one attached hydrogen (secondary N) is 2. The van der Waals surface area contributed by atoms with Gasteiger partial charge in [0.15, 0.2) is 0 Å². The maximum atomic E-state index is 12.3. The third kappa shape index (κ3) is 7.44. The van der Waals surface area contributed by atoms with Gasteiger partial charge in [-0.2, -0.15) is 0 Å². The lowest BCUT2D eigenvalue weighted by Gasteiger charge is -2.13. The maximum Gasteiger partial charge on any atom is 0.251 e. The Morgan fingerprint density at radius 3 is 2.48 bits per heavy atom. The topological polar surface area (TPSA) is 78.5 Å². The van der Waals surface area contributed by atoms with Crippen LogP contribution in [0.5, 0.6) is 0 Å². The van der Waals surface area contributed by atoms with E-state index in [2.05, 4.69) is 16.1 Å². The van der Waals surface area contributed by atoms with Crippen molar-refractivity contribution >= 4 is 15.9 Å². The van der Waals surface area contributed by atoms with Crippen LogP contribution in [-0.2, 0) is 10.0 Å². The Balaban J connectivity index is 1.82. The summed E-state index contributed by atoms with van der Waals surface area (Å²) in [6.07, 6.45) is 8.67. The van der Waals surface area contributed by atoms with Crippen molar-refractivity contribution in [3.63, 3.8) is 0 Å². The molecule has 0 unspecified atom stereocenters. The molecule has 0 radical (unpaired) electrons. The summed E-state index contributed by atoms with van der Waals surface area (Å²) in [6.45, 7) is 1.81. The molecule has 2 N–H and O–H groups in total. The monoisotopic (exact) mass is 393 g/mol. The van der Waals surface area contributed by atoms with Gasteiger partial charge in [-0.3, -0.25) is 4.79 Å². The number of carbonyl (C=O) groups excluding carboxylic acids is 1. The van der Waals surface area contributed by atoms with Crippen molar-refractivity contribution in [3.8, 4) is 0 Å². The summed E-state index contributed by atoms with van der Waals surface area (Å²) in [5, 5.41) is 2.91. The average molecular weight is 394 g/mol. The van der Waals surface area contributed by atoms with Gasteiger partial charge in [-0.25, -0.2) is 13.1 Å². The Hall–Kier alpha value is -1.70. The first-order chi connectivity index (χ1) is 12.9. The molecule has 1 amide bonds. The molecular weight excluding hydrogens is 362 g/mol. The van der Waals surface area contributed by atoms with Gasteiger partial charge >= 0.3 is 0 Å². The molecule has 6 nitrogen and oxygen atoms in total. The van der Waals surface area contributed by atoms with Gasteiger partial charge in [-0.05, 0) is 83.4 Å². The van der Waals surface area contributed by atoms with Crippen molar-refractivity contribution in [3.05, 3.63) is 41.5 Å². The lowest BCUT2D eigenvalue weighted by Crippen LogP contribution is -2.27. The van der Waals surface area contributed by atoms with Crippen LogP contribution in [0, 0.1) is 0 Å². The molecule has 7 heteroatoms. The van der Waals surface area contributed by atoms with Crippen LogP contribution in [0.15, 0.2) is 40.8 Å². The van der Waals surface area contributed by atoms with E-state index in [0.29, 0.717) is 18.7 Å². The van der Waals surface area contributed by atoms with E-state index in [0.717, 1.165) is 32.2 Å². The van der Waals surface area contributed by atoms with Crippen LogP contribution in [-0.4, -0.2) is 53.0 Å². The molecule has 0 fully saturated rings. The van der Waals surface area contributed by atoms with E-state index >= 15 is 0 Å². The van der Waals surface area contributed by atoms with Gasteiger partial charge in [0.25, 0.3) is 5.91 Å². The molecule has 0 atom stereocenters. The molecule has 1 aromatic rings. The van der Waals surface area contributed by atoms with E-state index < -0.39 is 10.0 Å². The van der Waals surface area contributed by atoms with Crippen LogP contribution in [0.25, 0.3) is 0 Å². The number of carbonyl (C=O) groups is 1. The molecule has 150 valence electrons. The summed E-state index contributed by atoms with van der Waals surface area (Å²) >= 11 is 0. The van der Waals surface area contributed by atoms with E-state index in [1.54, 1.807) is 12.1 Å². The fourth-order valence-corrected chi connectivity index (χ4v) is 4.12. The van der Waals surface area contributed by atoms with Crippen LogP contribution >= 0.6 is 0 Å². The first-order valence-electron chi connectivity index (χ1n) is 9.59. The van der Waals surface area contributed by atoms with Crippen LogP contribution in [0.1, 0.15) is 48.9 Å². The minimum atomic E-state index is -3.54. The standard InChI is InChI=1S/C20H31N3O3S/c1-23(2)16-6-14-22-27(25,26)19-11-9-18(10-12-19)20(24)21-15-13-17-7-4-3-5-8-17/h7,9-12,22H,3-6,8,13-16H2,1-2H3,(H,21,24). The summed E-state index contributed by atoms with van der Waals surface area (Å²) in [7, 11) is 0.358. The van der Waals surface area contributed by atoms with Gasteiger partial charge in [-0.1, -0.05) is 11.6 Å². The van der Waals surface area contributed by atoms with Crippen molar-refractivity contribution < 1.29 is 13.2 Å². The Labute approximate surface area is 163 Å². The smallest absolute Gasteiger partial charge is 0.251 e. The van der Waals surface area contributed by atoms with E-state index in [-0.39, 0.29) is 10.8 Å². The normalized spacial score (nSPS) is 14.9. The molecule has 1 aromatic carbocycles. The number of allylic oxidation sites excluding steroid dienone is 1. The lowest BCUT2D eigenvalue weighted by molar-refractivity contribution is 0.0954. The van der Waals surface area contributed by atoms with Crippen LogP contribution in [0.3, 0.4) is 0 Å². The number of rotatable bonds is 10. The second-order valence-corrected chi connectivity index (χ2v) is 8.96. The third-order valence-corrected chi connectivity index (χ3v) is 6.09. The summed E-state index contributed by atoms with van der Waals surface area (Å²) in [6, 6.07) is 6.08. The summed E-state index contributed by atoms with van der Waals surface area (Å²) < 4.78 is 27.1. The molecular formula is C20H31N3O3S. The van der Waals surface area contributed by atoms with Gasteiger partial charge in [0.05, 0.1) is 4.90 Å². The minimum Gasteiger partial charge on any atom is -0.352 e. The highest BCUT2D eigenvalue weighted by atomic mass is 32.2. The molecule has 1 aliphatic rings. The quantitative estimate of drug-likeness (QED) is 0.473. The van der Waals surface area contributed by atoms with Crippen molar-refractivity contribution in [2.75, 3.05) is 33.7 Å². The molecule has 2 rings (SSSR count). The fourth-order valence-electron chi connectivity index (χ4n) is 3.04. The second-order valence-electron chi connectivity index (χ2n) is 7.19. The van der Waals surface area contributed by atoms with E-state index in [1.165, 1.54) is 30.5 Å². The lowest BCUT2D eigenvalue weighted by atomic mass is 9.97. The molecule has 0 spiro atoms. The van der Waals surface area contributed by atoms with Gasteiger partial charge < -0.3 is 10.2 Å². The number of nitrogens with zero attached hydrogens (tertiary/aromatic N) is 1. The highest BCUT2D eigenvalue weighted by Gasteiger charge is 2.14. The van der Waals surface area contributed by atoms with Crippen LogP contribution in [0.2, 0.25) is 0 Å². The van der Waals surface area contributed by atoms with Gasteiger partial charge in [0.1, 0.15) is 0 Å². The summed E-state index contributed by atoms with van der Waals surface area (Å²) in [4.78, 5) is 14.4. The maximum absolute atomic E-state index is 12.3. The Kier molecular flexibility index (Phi) is 8.47. The summed E-state index contributed by atoms with van der Waals surface area (Å²) in [5.74, 6) is -0.172. The van der Waals surface area contributed by atoms with Crippen LogP contribution in [0.4, 0.5) is 0 Å². The zero-order valence-corrected chi connectivity index (χ0v) is 17.1. The molecule has 0 saturated heterocycles. The second kappa shape index (κ2) is 10.6. The first kappa shape index (κ1) is 21.6. The van der Waals surface area contributed by atoms with Crippen molar-refractivity contribution in [1.82, 2.24) is 14.9 Å². The largest absolute Gasteiger partial charge is 0.352 e. The van der Waals surface area contributed by atoms with Crippen molar-refractivity contribution in [2.45, 2.75) is 43.4 Å². The predicted molar refractivity (Wildman–Crippen MR) is 108 cm³/mol. The minimum absolute atomic E-state index is 0.172. The molecule has 0 saturated carbocycles. The molecule has 0 aromatic heterocycles. The first-order valence-corrected chi connectivity index (χ1v) is 11.1. The molecule has 0 aliphatic heterocycles. The van der Waals surface area contributed by atoms with Crippen molar-refractivity contribution in [2.24, 2.45) is 0 Å². The van der Waals surface area contributed by atoms with Gasteiger partial charge in [0, 0.05) is 18.7 Å². The van der Waals surface area contributed by atoms with E-state index in [4.69, 9.17) is 0 Å². The van der Waals surface area contributed by atoms with Gasteiger partial charge in [0.2, 0.25) is 10.0 Å². The van der Waals surface area contributed by atoms with Crippen LogP contribution < -0.4 is 10.0 Å². The Bertz CT molecular complexity index is 740. The molecule has 0 heterocycles. The molecule has 27 heavy (non-hydrogen) atoms. The SMILES string of the molecule is CN(C)CCCNS(=O)(=O)c1ccc(C(=O)NCCC2=CCCCC2)cc1. The highest BCUT2D eigenvalue weighted by molar-refractivity contribution is 7.89. The number of hydrogen-bond acceptors (Lipinski definition) is 4. The zero-order chi connectivity index (χ0) is 19.7. The number of hydrogen-bond donors (Lipinski definition) is 2. The average Bonchev–Trinajstić information content (AvgIpc) is 2.66. The number of benzene rings is 1. The van der Waals surface area contributed by atoms with Gasteiger partial charge in [-0.15, -0.1) is 0 Å². The van der Waals surface area contributed by atoms with E-state index in [1.807, 2.05) is 19.0 Å². The Morgan fingerprint density at radius 2 is 1.85 bits per heavy atom. The van der Waals surface area contributed by atoms with Crippen molar-refractivity contribution in [1.29, 1.82) is 0 Å². The molecule has 1 aliphatic carbocycles. The number of amides is 1. The molecule has 0 bridgehead atoms. The Morgan fingerprint density at radius 1 is 1.11 bits per heavy atom. The zero-order valence-electron chi connectivity index (χ0n) is 16.3. The predicted octanol–water partition coefficient (Wildman–Crippen LogP) is 2.54. The number of sulfonamides is 1. The van der Waals surface area contributed by atoms with E-state index in [9.17, 15) is 13.2 Å².